The summed E-state index contributed by atoms with van der Waals surface area (Å²) in [6.45, 7) is 5.84. The molecule has 1 aromatic carbocycles. The van der Waals surface area contributed by atoms with Gasteiger partial charge in [0.05, 0.1) is 11.1 Å². The summed E-state index contributed by atoms with van der Waals surface area (Å²) < 4.78 is 49.2. The first-order chi connectivity index (χ1) is 12.7. The van der Waals surface area contributed by atoms with Crippen molar-refractivity contribution in [3.63, 3.8) is 0 Å². The summed E-state index contributed by atoms with van der Waals surface area (Å²) in [5.41, 5.74) is -0.769. The van der Waals surface area contributed by atoms with Crippen molar-refractivity contribution in [1.29, 1.82) is 0 Å². The Bertz CT molecular complexity index is 990. The Labute approximate surface area is 159 Å². The molecular formula is C16H17ClF3N5OSi. The second kappa shape index (κ2) is 7.10. The van der Waals surface area contributed by atoms with Gasteiger partial charge in [0.25, 0.3) is 5.78 Å². The third kappa shape index (κ3) is 3.52. The van der Waals surface area contributed by atoms with E-state index in [4.69, 9.17) is 16.0 Å². The highest BCUT2D eigenvalue weighted by Crippen LogP contribution is 2.38. The SMILES string of the molecule is CO[Si](C)(C)C(C)Nc1c(-c2c(F)cc(F)cc2F)c(Cl)nc2ncnn12. The Hall–Kier alpha value is -2.17. The summed E-state index contributed by atoms with van der Waals surface area (Å²) in [6.07, 6.45) is 1.24. The van der Waals surface area contributed by atoms with Gasteiger partial charge in [0, 0.05) is 24.9 Å². The highest BCUT2D eigenvalue weighted by atomic mass is 35.5. The first kappa shape index (κ1) is 19.6. The van der Waals surface area contributed by atoms with E-state index in [1.165, 1.54) is 10.8 Å². The van der Waals surface area contributed by atoms with Crippen LogP contribution in [-0.4, -0.2) is 40.7 Å². The van der Waals surface area contributed by atoms with Crippen molar-refractivity contribution < 1.29 is 17.6 Å². The molecule has 6 nitrogen and oxygen atoms in total. The Balaban J connectivity index is 2.29. The number of hydrogen-bond acceptors (Lipinski definition) is 5. The quantitative estimate of drug-likeness (QED) is 0.503. The highest BCUT2D eigenvalue weighted by molar-refractivity contribution is 6.73. The van der Waals surface area contributed by atoms with Crippen LogP contribution in [0.2, 0.25) is 18.2 Å². The van der Waals surface area contributed by atoms with Gasteiger partial charge < -0.3 is 9.74 Å². The van der Waals surface area contributed by atoms with Crippen molar-refractivity contribution in [3.8, 4) is 11.1 Å². The third-order valence-corrected chi connectivity index (χ3v) is 8.12. The number of aromatic nitrogens is 4. The molecule has 1 unspecified atom stereocenters. The number of nitrogens with zero attached hydrogens (tertiary/aromatic N) is 4. The smallest absolute Gasteiger partial charge is 0.255 e. The Morgan fingerprint density at radius 2 is 1.81 bits per heavy atom. The summed E-state index contributed by atoms with van der Waals surface area (Å²) in [5.74, 6) is -2.89. The molecule has 2 aromatic heterocycles. The van der Waals surface area contributed by atoms with Gasteiger partial charge in [-0.05, 0) is 20.0 Å². The molecule has 3 aromatic rings. The molecule has 3 rings (SSSR count). The molecule has 1 N–H and O–H groups in total. The van der Waals surface area contributed by atoms with Crippen LogP contribution in [-0.2, 0) is 4.43 Å². The number of halogens is 4. The van der Waals surface area contributed by atoms with Crippen LogP contribution in [0.1, 0.15) is 6.92 Å². The van der Waals surface area contributed by atoms with Gasteiger partial charge in [-0.1, -0.05) is 11.6 Å². The second-order valence-corrected chi connectivity index (χ2v) is 11.4. The molecule has 2 heterocycles. The lowest BCUT2D eigenvalue weighted by molar-refractivity contribution is 0.397. The molecule has 0 bridgehead atoms. The molecule has 0 saturated carbocycles. The van der Waals surface area contributed by atoms with E-state index in [-0.39, 0.29) is 28.0 Å². The van der Waals surface area contributed by atoms with Crippen molar-refractivity contribution in [2.45, 2.75) is 25.7 Å². The summed E-state index contributed by atoms with van der Waals surface area (Å²) in [6, 6.07) is 1.17. The van der Waals surface area contributed by atoms with Gasteiger partial charge in [-0.2, -0.15) is 19.6 Å². The average molecular weight is 416 g/mol. The van der Waals surface area contributed by atoms with E-state index < -0.39 is 31.3 Å². The maximum atomic E-state index is 14.5. The van der Waals surface area contributed by atoms with Crippen LogP contribution in [0.5, 0.6) is 0 Å². The van der Waals surface area contributed by atoms with Crippen LogP contribution in [0.3, 0.4) is 0 Å². The number of hydrogen-bond donors (Lipinski definition) is 1. The highest BCUT2D eigenvalue weighted by Gasteiger charge is 2.32. The number of fused-ring (bicyclic) bond motifs is 1. The summed E-state index contributed by atoms with van der Waals surface area (Å²) in [5, 5.41) is 7.06. The van der Waals surface area contributed by atoms with Crippen LogP contribution < -0.4 is 5.32 Å². The fraction of sp³-hybridized carbons (Fsp3) is 0.312. The van der Waals surface area contributed by atoms with E-state index >= 15 is 0 Å². The molecular weight excluding hydrogens is 399 g/mol. The van der Waals surface area contributed by atoms with Gasteiger partial charge in [-0.15, -0.1) is 0 Å². The lowest BCUT2D eigenvalue weighted by Crippen LogP contribution is -2.47. The van der Waals surface area contributed by atoms with Crippen LogP contribution >= 0.6 is 11.6 Å². The topological polar surface area (TPSA) is 64.3 Å². The third-order valence-electron chi connectivity index (χ3n) is 4.56. The van der Waals surface area contributed by atoms with E-state index in [2.05, 4.69) is 20.4 Å². The van der Waals surface area contributed by atoms with Crippen molar-refractivity contribution in [2.24, 2.45) is 0 Å². The number of nitrogens with one attached hydrogen (secondary N) is 1. The molecule has 144 valence electrons. The Kier molecular flexibility index (Phi) is 5.15. The van der Waals surface area contributed by atoms with Crippen LogP contribution in [0.25, 0.3) is 16.9 Å². The van der Waals surface area contributed by atoms with Crippen molar-refractivity contribution >= 4 is 31.5 Å². The van der Waals surface area contributed by atoms with Gasteiger partial charge in [0.2, 0.25) is 8.32 Å². The van der Waals surface area contributed by atoms with E-state index in [0.29, 0.717) is 12.1 Å². The molecule has 0 aliphatic carbocycles. The maximum absolute atomic E-state index is 14.5. The summed E-state index contributed by atoms with van der Waals surface area (Å²) in [7, 11) is -0.585. The number of rotatable bonds is 5. The molecule has 0 radical (unpaired) electrons. The average Bonchev–Trinajstić information content (AvgIpc) is 3.04. The van der Waals surface area contributed by atoms with Crippen molar-refractivity contribution in [2.75, 3.05) is 12.4 Å². The predicted molar refractivity (Wildman–Crippen MR) is 98.7 cm³/mol. The molecule has 0 saturated heterocycles. The van der Waals surface area contributed by atoms with E-state index in [9.17, 15) is 13.2 Å². The van der Waals surface area contributed by atoms with Gasteiger partial charge in [0.15, 0.2) is 0 Å². The van der Waals surface area contributed by atoms with Crippen molar-refractivity contribution in [1.82, 2.24) is 19.6 Å². The van der Waals surface area contributed by atoms with E-state index in [1.54, 1.807) is 7.11 Å². The van der Waals surface area contributed by atoms with Gasteiger partial charge in [0.1, 0.15) is 34.7 Å². The van der Waals surface area contributed by atoms with E-state index in [1.807, 2.05) is 20.0 Å². The monoisotopic (exact) mass is 415 g/mol. The fourth-order valence-electron chi connectivity index (χ4n) is 2.51. The lowest BCUT2D eigenvalue weighted by Gasteiger charge is -2.30. The number of benzene rings is 1. The zero-order chi connectivity index (χ0) is 19.9. The molecule has 0 amide bonds. The molecule has 0 fully saturated rings. The normalized spacial score (nSPS) is 13.2. The maximum Gasteiger partial charge on any atom is 0.255 e. The predicted octanol–water partition coefficient (Wildman–Crippen LogP) is 4.05. The Morgan fingerprint density at radius 1 is 1.19 bits per heavy atom. The van der Waals surface area contributed by atoms with Gasteiger partial charge in [-0.3, -0.25) is 0 Å². The number of anilines is 1. The molecule has 0 spiro atoms. The van der Waals surface area contributed by atoms with Gasteiger partial charge >= 0.3 is 0 Å². The summed E-state index contributed by atoms with van der Waals surface area (Å²) >= 11 is 6.24. The minimum atomic E-state index is -2.19. The zero-order valence-corrected chi connectivity index (χ0v) is 16.8. The standard InChI is InChI=1S/C16H17ClF3N5OSi/c1-8(27(3,4)26-2)23-15-13(12-10(19)5-9(18)6-11(12)20)14(17)24-16-21-7-22-25(15)16/h5-8,23H,1-4H3. The minimum Gasteiger partial charge on any atom is -0.418 e. The molecule has 27 heavy (non-hydrogen) atoms. The molecule has 1 atom stereocenters. The lowest BCUT2D eigenvalue weighted by atomic mass is 10.1. The molecule has 0 aliphatic heterocycles. The minimum absolute atomic E-state index is 0.0718. The zero-order valence-electron chi connectivity index (χ0n) is 15.0. The van der Waals surface area contributed by atoms with Crippen LogP contribution in [0.4, 0.5) is 19.0 Å². The summed E-state index contributed by atoms with van der Waals surface area (Å²) in [4.78, 5) is 8.01. The van der Waals surface area contributed by atoms with Crippen LogP contribution in [0.15, 0.2) is 18.5 Å². The first-order valence-electron chi connectivity index (χ1n) is 8.01. The Morgan fingerprint density at radius 3 is 2.41 bits per heavy atom. The van der Waals surface area contributed by atoms with Crippen LogP contribution in [0, 0.1) is 17.5 Å². The second-order valence-electron chi connectivity index (χ2n) is 6.52. The van der Waals surface area contributed by atoms with Crippen molar-refractivity contribution in [3.05, 3.63) is 41.1 Å². The molecule has 0 aliphatic rings. The van der Waals surface area contributed by atoms with Gasteiger partial charge in [-0.25, -0.2) is 13.2 Å². The fourth-order valence-corrected chi connectivity index (χ4v) is 3.61. The largest absolute Gasteiger partial charge is 0.418 e. The first-order valence-corrected chi connectivity index (χ1v) is 11.4. The molecule has 11 heteroatoms. The van der Waals surface area contributed by atoms with E-state index in [0.717, 1.165) is 0 Å².